The number of hydrogen-bond donors (Lipinski definition) is 1. The predicted octanol–water partition coefficient (Wildman–Crippen LogP) is 4.62. The molecular weight excluding hydrogens is 335 g/mol. The zero-order valence-electron chi connectivity index (χ0n) is 13.1. The molecule has 1 aromatic rings. The summed E-state index contributed by atoms with van der Waals surface area (Å²) in [7, 11) is 0. The number of rotatable bonds is 4. The smallest absolute Gasteiger partial charge is 0.412 e. The number of aromatic nitrogens is 2. The molecule has 0 saturated heterocycles. The highest BCUT2D eigenvalue weighted by Gasteiger charge is 2.62. The van der Waals surface area contributed by atoms with Crippen molar-refractivity contribution in [1.29, 1.82) is 0 Å². The molecule has 0 aliphatic heterocycles. The van der Waals surface area contributed by atoms with Gasteiger partial charge in [0.05, 0.1) is 11.6 Å². The summed E-state index contributed by atoms with van der Waals surface area (Å²) in [4.78, 5) is 11.7. The number of aryl methyl sites for hydroxylation is 1. The maximum atomic E-state index is 12.9. The normalized spacial score (nSPS) is 17.0. The summed E-state index contributed by atoms with van der Waals surface area (Å²) in [6.45, 7) is 5.17. The van der Waals surface area contributed by atoms with Crippen LogP contribution in [0.4, 0.5) is 23.7 Å². The Morgan fingerprint density at radius 1 is 1.43 bits per heavy atom. The monoisotopic (exact) mass is 353 g/mol. The van der Waals surface area contributed by atoms with Crippen molar-refractivity contribution >= 4 is 23.4 Å². The van der Waals surface area contributed by atoms with Crippen molar-refractivity contribution in [1.82, 2.24) is 9.78 Å². The second-order valence-corrected chi connectivity index (χ2v) is 7.09. The van der Waals surface area contributed by atoms with Crippen molar-refractivity contribution in [3.05, 3.63) is 11.3 Å². The van der Waals surface area contributed by atoms with Crippen molar-refractivity contribution in [3.8, 4) is 0 Å². The summed E-state index contributed by atoms with van der Waals surface area (Å²) in [5, 5.41) is 6.43. The van der Waals surface area contributed by atoms with Gasteiger partial charge in [0.1, 0.15) is 11.3 Å². The van der Waals surface area contributed by atoms with E-state index in [9.17, 15) is 18.0 Å². The first-order chi connectivity index (χ1) is 10.4. The topological polar surface area (TPSA) is 56.1 Å². The van der Waals surface area contributed by atoms with Gasteiger partial charge in [-0.15, -0.1) is 0 Å². The van der Waals surface area contributed by atoms with Crippen molar-refractivity contribution in [3.63, 3.8) is 0 Å². The molecule has 0 bridgehead atoms. The molecule has 1 heterocycles. The van der Waals surface area contributed by atoms with Crippen LogP contribution < -0.4 is 5.32 Å². The Morgan fingerprint density at radius 3 is 2.52 bits per heavy atom. The molecule has 2 rings (SSSR count). The Hall–Kier alpha value is -1.44. The number of nitrogens with one attached hydrogen (secondary N) is 1. The summed E-state index contributed by atoms with van der Waals surface area (Å²) >= 11 is 6.05. The largest absolute Gasteiger partial charge is 0.444 e. The molecule has 1 aromatic heterocycles. The van der Waals surface area contributed by atoms with Crippen LogP contribution in [0.5, 0.6) is 0 Å². The Labute approximate surface area is 137 Å². The molecule has 1 fully saturated rings. The maximum absolute atomic E-state index is 12.9. The number of halogens is 4. The first-order valence-electron chi connectivity index (χ1n) is 7.22. The average Bonchev–Trinajstić information content (AvgIpc) is 3.08. The van der Waals surface area contributed by atoms with E-state index >= 15 is 0 Å². The Balaban J connectivity index is 1.96. The summed E-state index contributed by atoms with van der Waals surface area (Å²) in [6, 6.07) is 0. The van der Waals surface area contributed by atoms with E-state index in [-0.39, 0.29) is 36.6 Å². The standard InChI is InChI=1S/C14H19ClF3N3O2/c1-12(2,3)23-11(22)20-9-8-19-21(10(9)15)7-6-13(4-5-13)14(16,17)18/h8H,4-7H2,1-3H3,(H,20,22). The third kappa shape index (κ3) is 4.31. The van der Waals surface area contributed by atoms with Crippen LogP contribution in [-0.2, 0) is 11.3 Å². The van der Waals surface area contributed by atoms with Crippen molar-refractivity contribution in [2.75, 3.05) is 5.32 Å². The van der Waals surface area contributed by atoms with Crippen LogP contribution in [0.3, 0.4) is 0 Å². The molecule has 0 aromatic carbocycles. The zero-order valence-corrected chi connectivity index (χ0v) is 13.9. The first kappa shape index (κ1) is 17.9. The minimum atomic E-state index is -4.20. The van der Waals surface area contributed by atoms with E-state index in [2.05, 4.69) is 10.4 Å². The molecular formula is C14H19ClF3N3O2. The number of carbonyl (C=O) groups excluding carboxylic acids is 1. The molecule has 1 aliphatic carbocycles. The van der Waals surface area contributed by atoms with Crippen LogP contribution in [0.15, 0.2) is 6.20 Å². The van der Waals surface area contributed by atoms with E-state index in [4.69, 9.17) is 16.3 Å². The lowest BCUT2D eigenvalue weighted by Gasteiger charge is -2.19. The summed E-state index contributed by atoms with van der Waals surface area (Å²) < 4.78 is 45.0. The molecule has 1 saturated carbocycles. The third-order valence-corrected chi connectivity index (χ3v) is 4.07. The SMILES string of the molecule is CC(C)(C)OC(=O)Nc1cnn(CCC2(C(F)(F)F)CC2)c1Cl. The van der Waals surface area contributed by atoms with Crippen LogP contribution in [0, 0.1) is 5.41 Å². The minimum absolute atomic E-state index is 0.0361. The van der Waals surface area contributed by atoms with E-state index in [0.717, 1.165) is 0 Å². The minimum Gasteiger partial charge on any atom is -0.444 e. The highest BCUT2D eigenvalue weighted by atomic mass is 35.5. The lowest BCUT2D eigenvalue weighted by atomic mass is 10.0. The van der Waals surface area contributed by atoms with Gasteiger partial charge in [0.25, 0.3) is 0 Å². The van der Waals surface area contributed by atoms with Crippen LogP contribution in [0.2, 0.25) is 5.15 Å². The number of alkyl halides is 3. The number of carbonyl (C=O) groups is 1. The molecule has 1 aliphatic rings. The molecule has 1 N–H and O–H groups in total. The summed E-state index contributed by atoms with van der Waals surface area (Å²) in [5.41, 5.74) is -2.07. The number of amides is 1. The van der Waals surface area contributed by atoms with Gasteiger partial charge < -0.3 is 4.74 Å². The lowest BCUT2D eigenvalue weighted by molar-refractivity contribution is -0.189. The van der Waals surface area contributed by atoms with E-state index in [0.29, 0.717) is 0 Å². The van der Waals surface area contributed by atoms with Gasteiger partial charge in [-0.2, -0.15) is 18.3 Å². The van der Waals surface area contributed by atoms with Crippen LogP contribution in [-0.4, -0.2) is 27.7 Å². The first-order valence-corrected chi connectivity index (χ1v) is 7.59. The second kappa shape index (κ2) is 5.89. The molecule has 0 spiro atoms. The van der Waals surface area contributed by atoms with Gasteiger partial charge in [0.15, 0.2) is 5.15 Å². The van der Waals surface area contributed by atoms with Gasteiger partial charge in [0.2, 0.25) is 0 Å². The van der Waals surface area contributed by atoms with E-state index in [1.54, 1.807) is 20.8 Å². The summed E-state index contributed by atoms with van der Waals surface area (Å²) in [5.74, 6) is 0. The number of anilines is 1. The van der Waals surface area contributed by atoms with Gasteiger partial charge in [-0.05, 0) is 40.0 Å². The molecule has 5 nitrogen and oxygen atoms in total. The van der Waals surface area contributed by atoms with Gasteiger partial charge >= 0.3 is 12.3 Å². The molecule has 1 amide bonds. The van der Waals surface area contributed by atoms with Gasteiger partial charge in [-0.3, -0.25) is 10.00 Å². The number of hydrogen-bond acceptors (Lipinski definition) is 3. The van der Waals surface area contributed by atoms with Crippen LogP contribution in [0.25, 0.3) is 0 Å². The van der Waals surface area contributed by atoms with E-state index < -0.39 is 23.3 Å². The van der Waals surface area contributed by atoms with E-state index in [1.165, 1.54) is 10.9 Å². The van der Waals surface area contributed by atoms with Gasteiger partial charge in [-0.1, -0.05) is 11.6 Å². The summed E-state index contributed by atoms with van der Waals surface area (Å²) in [6.07, 6.45) is -3.42. The predicted molar refractivity (Wildman–Crippen MR) is 79.4 cm³/mol. The molecule has 0 radical (unpaired) electrons. The van der Waals surface area contributed by atoms with Gasteiger partial charge in [0, 0.05) is 6.54 Å². The highest BCUT2D eigenvalue weighted by Crippen LogP contribution is 2.60. The Morgan fingerprint density at radius 2 is 2.04 bits per heavy atom. The molecule has 9 heteroatoms. The molecule has 23 heavy (non-hydrogen) atoms. The molecule has 0 unspecified atom stereocenters. The average molecular weight is 354 g/mol. The maximum Gasteiger partial charge on any atom is 0.412 e. The molecule has 130 valence electrons. The lowest BCUT2D eigenvalue weighted by Crippen LogP contribution is -2.27. The van der Waals surface area contributed by atoms with Crippen molar-refractivity contribution < 1.29 is 22.7 Å². The number of ether oxygens (including phenoxy) is 1. The Bertz CT molecular complexity index is 589. The second-order valence-electron chi connectivity index (χ2n) is 6.73. The fraction of sp³-hybridized carbons (Fsp3) is 0.714. The Kier molecular flexibility index (Phi) is 4.58. The fourth-order valence-corrected chi connectivity index (χ4v) is 2.39. The third-order valence-electron chi connectivity index (χ3n) is 3.67. The van der Waals surface area contributed by atoms with Gasteiger partial charge in [-0.25, -0.2) is 4.79 Å². The fourth-order valence-electron chi connectivity index (χ4n) is 2.17. The highest BCUT2D eigenvalue weighted by molar-refractivity contribution is 6.32. The van der Waals surface area contributed by atoms with Crippen molar-refractivity contribution in [2.24, 2.45) is 5.41 Å². The van der Waals surface area contributed by atoms with Crippen LogP contribution >= 0.6 is 11.6 Å². The van der Waals surface area contributed by atoms with E-state index in [1.807, 2.05) is 0 Å². The molecule has 0 atom stereocenters. The quantitative estimate of drug-likeness (QED) is 0.859. The number of nitrogens with zero attached hydrogens (tertiary/aromatic N) is 2. The van der Waals surface area contributed by atoms with Crippen LogP contribution in [0.1, 0.15) is 40.0 Å². The zero-order chi connectivity index (χ0) is 17.5. The van der Waals surface area contributed by atoms with Crippen molar-refractivity contribution in [2.45, 2.75) is 58.4 Å².